The average Bonchev–Trinajstić information content (AvgIpc) is 2.30. The van der Waals surface area contributed by atoms with Crippen LogP contribution in [-0.4, -0.2) is 69.7 Å². The number of hydrogen-bond donors (Lipinski definition) is 2. The molecule has 0 radical (unpaired) electrons. The van der Waals surface area contributed by atoms with Gasteiger partial charge in [0.2, 0.25) is 0 Å². The molecular formula is C11H26N2O3. The molecule has 98 valence electrons. The van der Waals surface area contributed by atoms with Crippen molar-refractivity contribution in [3.63, 3.8) is 0 Å². The van der Waals surface area contributed by atoms with Crippen LogP contribution in [0.15, 0.2) is 0 Å². The van der Waals surface area contributed by atoms with E-state index < -0.39 is 0 Å². The molecule has 0 saturated carbocycles. The highest BCUT2D eigenvalue weighted by Crippen LogP contribution is 2.07. The fraction of sp³-hybridized carbons (Fsp3) is 1.00. The first-order valence-electron chi connectivity index (χ1n) is 5.83. The maximum absolute atomic E-state index is 9.03. The van der Waals surface area contributed by atoms with Gasteiger partial charge in [-0.25, -0.2) is 0 Å². The summed E-state index contributed by atoms with van der Waals surface area (Å²) in [6.07, 6.45) is 1.97. The molecule has 5 nitrogen and oxygen atoms in total. The van der Waals surface area contributed by atoms with E-state index in [1.807, 2.05) is 0 Å². The minimum absolute atomic E-state index is 0.159. The molecule has 0 aromatic heterocycles. The van der Waals surface area contributed by atoms with E-state index in [0.717, 1.165) is 19.4 Å². The van der Waals surface area contributed by atoms with Crippen molar-refractivity contribution < 1.29 is 14.6 Å². The van der Waals surface area contributed by atoms with Crippen LogP contribution in [0, 0.1) is 0 Å². The van der Waals surface area contributed by atoms with Crippen LogP contribution in [0.4, 0.5) is 0 Å². The van der Waals surface area contributed by atoms with Gasteiger partial charge in [-0.05, 0) is 19.4 Å². The molecule has 0 fully saturated rings. The van der Waals surface area contributed by atoms with Crippen LogP contribution >= 0.6 is 0 Å². The molecule has 0 aromatic carbocycles. The van der Waals surface area contributed by atoms with Gasteiger partial charge in [0.05, 0.1) is 19.8 Å². The number of rotatable bonds is 11. The third-order valence-electron chi connectivity index (χ3n) is 2.59. The summed E-state index contributed by atoms with van der Waals surface area (Å²) in [5.41, 5.74) is 5.51. The van der Waals surface area contributed by atoms with Crippen molar-refractivity contribution in [1.82, 2.24) is 4.90 Å². The van der Waals surface area contributed by atoms with E-state index >= 15 is 0 Å². The van der Waals surface area contributed by atoms with Crippen molar-refractivity contribution in [3.8, 4) is 0 Å². The second-order valence-electron chi connectivity index (χ2n) is 3.79. The van der Waals surface area contributed by atoms with Crippen LogP contribution in [0.5, 0.6) is 0 Å². The second kappa shape index (κ2) is 11.3. The summed E-state index contributed by atoms with van der Waals surface area (Å²) in [7, 11) is 3.38. The third-order valence-corrected chi connectivity index (χ3v) is 2.59. The maximum atomic E-state index is 9.03. The van der Waals surface area contributed by atoms with Gasteiger partial charge < -0.3 is 20.3 Å². The third kappa shape index (κ3) is 7.14. The van der Waals surface area contributed by atoms with Crippen LogP contribution in [0.2, 0.25) is 0 Å². The number of nitrogens with zero attached hydrogens (tertiary/aromatic N) is 1. The molecule has 0 bridgehead atoms. The van der Waals surface area contributed by atoms with Crippen molar-refractivity contribution in [2.24, 2.45) is 5.73 Å². The molecule has 0 aliphatic carbocycles. The molecule has 5 heteroatoms. The SMILES string of the molecule is COCCN(CCO)C(CCCN)COC. The molecule has 0 aliphatic rings. The lowest BCUT2D eigenvalue weighted by molar-refractivity contribution is 0.0518. The molecule has 0 aromatic rings. The van der Waals surface area contributed by atoms with E-state index in [1.54, 1.807) is 14.2 Å². The van der Waals surface area contributed by atoms with Gasteiger partial charge in [-0.15, -0.1) is 0 Å². The lowest BCUT2D eigenvalue weighted by atomic mass is 10.1. The molecule has 0 amide bonds. The Morgan fingerprint density at radius 2 is 2.00 bits per heavy atom. The summed E-state index contributed by atoms with van der Waals surface area (Å²) < 4.78 is 10.3. The summed E-state index contributed by atoms with van der Waals surface area (Å²) in [6.45, 7) is 3.66. The van der Waals surface area contributed by atoms with Crippen molar-refractivity contribution in [1.29, 1.82) is 0 Å². The second-order valence-corrected chi connectivity index (χ2v) is 3.79. The summed E-state index contributed by atoms with van der Waals surface area (Å²) >= 11 is 0. The van der Waals surface area contributed by atoms with Crippen molar-refractivity contribution in [2.75, 3.05) is 53.7 Å². The van der Waals surface area contributed by atoms with Crippen LogP contribution in [0.1, 0.15) is 12.8 Å². The standard InChI is InChI=1S/C11H26N2O3/c1-15-9-7-13(6-8-14)11(10-16-2)4-3-5-12/h11,14H,3-10,12H2,1-2H3. The highest BCUT2D eigenvalue weighted by Gasteiger charge is 2.17. The first kappa shape index (κ1) is 15.8. The summed E-state index contributed by atoms with van der Waals surface area (Å²) in [6, 6.07) is 0.316. The summed E-state index contributed by atoms with van der Waals surface area (Å²) in [5.74, 6) is 0. The first-order chi connectivity index (χ1) is 7.79. The Morgan fingerprint density at radius 1 is 1.25 bits per heavy atom. The molecule has 16 heavy (non-hydrogen) atoms. The molecule has 1 unspecified atom stereocenters. The van der Waals surface area contributed by atoms with Gasteiger partial charge in [-0.3, -0.25) is 4.90 Å². The smallest absolute Gasteiger partial charge is 0.0618 e. The number of aliphatic hydroxyl groups excluding tert-OH is 1. The molecule has 0 heterocycles. The number of ether oxygens (including phenoxy) is 2. The van der Waals surface area contributed by atoms with Crippen LogP contribution in [0.25, 0.3) is 0 Å². The highest BCUT2D eigenvalue weighted by atomic mass is 16.5. The highest BCUT2D eigenvalue weighted by molar-refractivity contribution is 4.71. The van der Waals surface area contributed by atoms with Gasteiger partial charge in [0, 0.05) is 33.4 Å². The summed E-state index contributed by atoms with van der Waals surface area (Å²) in [4.78, 5) is 2.20. The number of nitrogens with two attached hydrogens (primary N) is 1. The lowest BCUT2D eigenvalue weighted by Crippen LogP contribution is -2.42. The van der Waals surface area contributed by atoms with Crippen molar-refractivity contribution in [2.45, 2.75) is 18.9 Å². The van der Waals surface area contributed by atoms with Gasteiger partial charge in [0.15, 0.2) is 0 Å². The zero-order valence-electron chi connectivity index (χ0n) is 10.5. The summed E-state index contributed by atoms with van der Waals surface area (Å²) in [5, 5.41) is 9.03. The van der Waals surface area contributed by atoms with Gasteiger partial charge in [-0.2, -0.15) is 0 Å². The normalized spacial score (nSPS) is 13.3. The van der Waals surface area contributed by atoms with E-state index in [9.17, 15) is 0 Å². The van der Waals surface area contributed by atoms with Crippen LogP contribution < -0.4 is 5.73 Å². The Kier molecular flexibility index (Phi) is 11.1. The molecule has 3 N–H and O–H groups in total. The van der Waals surface area contributed by atoms with E-state index in [1.165, 1.54) is 0 Å². The zero-order chi connectivity index (χ0) is 12.2. The fourth-order valence-corrected chi connectivity index (χ4v) is 1.73. The molecule has 0 saturated heterocycles. The van der Waals surface area contributed by atoms with Crippen LogP contribution in [0.3, 0.4) is 0 Å². The van der Waals surface area contributed by atoms with Gasteiger partial charge >= 0.3 is 0 Å². The Morgan fingerprint density at radius 3 is 2.50 bits per heavy atom. The Bertz CT molecular complexity index is 131. The topological polar surface area (TPSA) is 68.0 Å². The Hall–Kier alpha value is -0.200. The predicted octanol–water partition coefficient (Wildman–Crippen LogP) is -0.319. The fourth-order valence-electron chi connectivity index (χ4n) is 1.73. The zero-order valence-corrected chi connectivity index (χ0v) is 10.5. The van der Waals surface area contributed by atoms with Gasteiger partial charge in [0.25, 0.3) is 0 Å². The molecule has 0 spiro atoms. The number of hydrogen-bond acceptors (Lipinski definition) is 5. The van der Waals surface area contributed by atoms with Crippen molar-refractivity contribution in [3.05, 3.63) is 0 Å². The number of aliphatic hydroxyl groups is 1. The Labute approximate surface area is 98.5 Å². The largest absolute Gasteiger partial charge is 0.395 e. The van der Waals surface area contributed by atoms with Gasteiger partial charge in [-0.1, -0.05) is 0 Å². The molecule has 0 rings (SSSR count). The van der Waals surface area contributed by atoms with E-state index in [0.29, 0.717) is 32.3 Å². The van der Waals surface area contributed by atoms with E-state index in [2.05, 4.69) is 4.90 Å². The molecular weight excluding hydrogens is 208 g/mol. The number of methoxy groups -OCH3 is 2. The van der Waals surface area contributed by atoms with E-state index in [-0.39, 0.29) is 6.61 Å². The minimum Gasteiger partial charge on any atom is -0.395 e. The average molecular weight is 234 g/mol. The van der Waals surface area contributed by atoms with Crippen molar-refractivity contribution >= 4 is 0 Å². The maximum Gasteiger partial charge on any atom is 0.0618 e. The molecule has 1 atom stereocenters. The van der Waals surface area contributed by atoms with E-state index in [4.69, 9.17) is 20.3 Å². The quantitative estimate of drug-likeness (QED) is 0.513. The van der Waals surface area contributed by atoms with Crippen LogP contribution in [-0.2, 0) is 9.47 Å². The first-order valence-corrected chi connectivity index (χ1v) is 5.83. The van der Waals surface area contributed by atoms with Gasteiger partial charge in [0.1, 0.15) is 0 Å². The monoisotopic (exact) mass is 234 g/mol. The minimum atomic E-state index is 0.159. The predicted molar refractivity (Wildman–Crippen MR) is 64.5 cm³/mol. The Balaban J connectivity index is 4.14. The lowest BCUT2D eigenvalue weighted by Gasteiger charge is -2.30. The molecule has 0 aliphatic heterocycles.